The number of rotatable bonds is 5. The fraction of sp³-hybridized carbons (Fsp3) is 0.846. The van der Waals surface area contributed by atoms with Gasteiger partial charge in [-0.15, -0.1) is 0 Å². The van der Waals surface area contributed by atoms with Gasteiger partial charge in [-0.2, -0.15) is 0 Å². The van der Waals surface area contributed by atoms with E-state index in [1.54, 1.807) is 0 Å². The van der Waals surface area contributed by atoms with Crippen LogP contribution >= 0.6 is 0 Å². The van der Waals surface area contributed by atoms with Gasteiger partial charge in [-0.3, -0.25) is 4.79 Å². The second-order valence-electron chi connectivity index (χ2n) is 5.24. The minimum absolute atomic E-state index is 0.134. The molecule has 0 spiro atoms. The molecule has 1 aliphatic carbocycles. The van der Waals surface area contributed by atoms with Crippen molar-refractivity contribution in [3.63, 3.8) is 0 Å². The smallest absolute Gasteiger partial charge is 0.314 e. The Bertz CT molecular complexity index is 286. The topological polar surface area (TPSA) is 52.6 Å². The van der Waals surface area contributed by atoms with E-state index in [2.05, 4.69) is 6.92 Å². The Kier molecular flexibility index (Phi) is 3.52. The van der Waals surface area contributed by atoms with E-state index in [0.717, 1.165) is 32.0 Å². The molecule has 3 rings (SSSR count). The van der Waals surface area contributed by atoms with Gasteiger partial charge in [0.15, 0.2) is 6.29 Å². The van der Waals surface area contributed by atoms with Crippen molar-refractivity contribution in [1.29, 1.82) is 0 Å². The lowest BCUT2D eigenvalue weighted by Crippen LogP contribution is -2.55. The average Bonchev–Trinajstić information content (AvgIpc) is 2.41. The van der Waals surface area contributed by atoms with Crippen molar-refractivity contribution in [3.05, 3.63) is 0 Å². The molecule has 3 aliphatic rings. The van der Waals surface area contributed by atoms with Crippen LogP contribution in [-0.4, -0.2) is 31.1 Å². The first-order chi connectivity index (χ1) is 8.16. The van der Waals surface area contributed by atoms with E-state index in [9.17, 15) is 9.59 Å². The summed E-state index contributed by atoms with van der Waals surface area (Å²) >= 11 is 0. The Morgan fingerprint density at radius 2 is 2.06 bits per heavy atom. The first-order valence-corrected chi connectivity index (χ1v) is 6.44. The number of carbonyl (C=O) groups is 2. The fourth-order valence-corrected chi connectivity index (χ4v) is 2.60. The largest absolute Gasteiger partial charge is 0.465 e. The highest BCUT2D eigenvalue weighted by molar-refractivity contribution is 5.78. The Morgan fingerprint density at radius 3 is 2.53 bits per heavy atom. The third-order valence-corrected chi connectivity index (χ3v) is 4.07. The molecule has 0 atom stereocenters. The van der Waals surface area contributed by atoms with Gasteiger partial charge in [0.2, 0.25) is 0 Å². The molecular weight excluding hydrogens is 220 g/mol. The number of hydrogen-bond acceptors (Lipinski definition) is 4. The molecule has 2 aliphatic heterocycles. The SMILES string of the molecule is CCCCOC(=O)C12CCC(C=O)(CC1)OC2. The number of esters is 1. The minimum Gasteiger partial charge on any atom is -0.465 e. The molecule has 0 aromatic rings. The van der Waals surface area contributed by atoms with E-state index in [1.165, 1.54) is 0 Å². The molecule has 1 saturated carbocycles. The van der Waals surface area contributed by atoms with Gasteiger partial charge in [0.05, 0.1) is 18.6 Å². The average molecular weight is 240 g/mol. The van der Waals surface area contributed by atoms with E-state index < -0.39 is 11.0 Å². The molecule has 2 saturated heterocycles. The third-order valence-electron chi connectivity index (χ3n) is 4.07. The molecule has 0 radical (unpaired) electrons. The zero-order valence-electron chi connectivity index (χ0n) is 10.4. The van der Waals surface area contributed by atoms with Crippen LogP contribution < -0.4 is 0 Å². The molecule has 0 unspecified atom stereocenters. The van der Waals surface area contributed by atoms with E-state index in [0.29, 0.717) is 26.1 Å². The highest BCUT2D eigenvalue weighted by atomic mass is 16.5. The van der Waals surface area contributed by atoms with E-state index in [4.69, 9.17) is 9.47 Å². The quantitative estimate of drug-likeness (QED) is 0.418. The van der Waals surface area contributed by atoms with Crippen molar-refractivity contribution in [1.82, 2.24) is 0 Å². The standard InChI is InChI=1S/C13H20O4/c1-2-3-8-16-11(15)12-4-6-13(9-14,7-5-12)17-10-12/h9H,2-8,10H2,1H3. The number of hydrogen-bond donors (Lipinski definition) is 0. The highest BCUT2D eigenvalue weighted by Gasteiger charge is 2.54. The predicted octanol–water partition coefficient (Wildman–Crippen LogP) is 1.86. The summed E-state index contributed by atoms with van der Waals surface area (Å²) in [5.74, 6) is -0.134. The normalized spacial score (nSPS) is 35.6. The van der Waals surface area contributed by atoms with Crippen molar-refractivity contribution < 1.29 is 19.1 Å². The van der Waals surface area contributed by atoms with Gasteiger partial charge in [0.25, 0.3) is 0 Å². The summed E-state index contributed by atoms with van der Waals surface area (Å²) in [5, 5.41) is 0. The molecule has 96 valence electrons. The Labute approximate surface area is 102 Å². The van der Waals surface area contributed by atoms with Crippen LogP contribution in [0.4, 0.5) is 0 Å². The van der Waals surface area contributed by atoms with Crippen molar-refractivity contribution in [3.8, 4) is 0 Å². The fourth-order valence-electron chi connectivity index (χ4n) is 2.60. The second-order valence-corrected chi connectivity index (χ2v) is 5.24. The van der Waals surface area contributed by atoms with Crippen molar-refractivity contribution in [2.75, 3.05) is 13.2 Å². The van der Waals surface area contributed by atoms with Crippen molar-refractivity contribution in [2.45, 2.75) is 51.0 Å². The maximum absolute atomic E-state index is 12.1. The summed E-state index contributed by atoms with van der Waals surface area (Å²) in [6, 6.07) is 0. The molecule has 4 nitrogen and oxygen atoms in total. The molecule has 0 N–H and O–H groups in total. The number of aldehydes is 1. The van der Waals surface area contributed by atoms with Crippen LogP contribution in [0.5, 0.6) is 0 Å². The van der Waals surface area contributed by atoms with Crippen LogP contribution in [-0.2, 0) is 19.1 Å². The molecule has 2 heterocycles. The van der Waals surface area contributed by atoms with E-state index >= 15 is 0 Å². The van der Waals surface area contributed by atoms with Gasteiger partial charge in [0.1, 0.15) is 5.60 Å². The summed E-state index contributed by atoms with van der Waals surface area (Å²) in [6.45, 7) is 2.90. The van der Waals surface area contributed by atoms with Crippen LogP contribution in [0, 0.1) is 5.41 Å². The minimum atomic E-state index is -0.606. The molecule has 4 heteroatoms. The number of carbonyl (C=O) groups excluding carboxylic acids is 2. The lowest BCUT2D eigenvalue weighted by molar-refractivity contribution is -0.201. The first kappa shape index (κ1) is 12.6. The Hall–Kier alpha value is -0.900. The van der Waals surface area contributed by atoms with Gasteiger partial charge in [-0.1, -0.05) is 13.3 Å². The maximum atomic E-state index is 12.1. The molecular formula is C13H20O4. The summed E-state index contributed by atoms with van der Waals surface area (Å²) in [4.78, 5) is 23.0. The van der Waals surface area contributed by atoms with Crippen LogP contribution in [0.3, 0.4) is 0 Å². The number of unbranched alkanes of at least 4 members (excludes halogenated alkanes) is 1. The Balaban J connectivity index is 1.94. The van der Waals surface area contributed by atoms with Crippen molar-refractivity contribution in [2.24, 2.45) is 5.41 Å². The summed E-state index contributed by atoms with van der Waals surface area (Å²) in [7, 11) is 0. The van der Waals surface area contributed by atoms with Gasteiger partial charge < -0.3 is 14.3 Å². The molecule has 17 heavy (non-hydrogen) atoms. The monoisotopic (exact) mass is 240 g/mol. The summed E-state index contributed by atoms with van der Waals surface area (Å²) in [5.41, 5.74) is -1.08. The van der Waals surface area contributed by atoms with Gasteiger partial charge in [-0.05, 0) is 32.1 Å². The van der Waals surface area contributed by atoms with Crippen LogP contribution in [0.15, 0.2) is 0 Å². The number of fused-ring (bicyclic) bond motifs is 3. The molecule has 0 aromatic heterocycles. The lowest BCUT2D eigenvalue weighted by Gasteiger charge is -2.48. The van der Waals surface area contributed by atoms with Crippen molar-refractivity contribution >= 4 is 12.3 Å². The lowest BCUT2D eigenvalue weighted by atomic mass is 9.66. The predicted molar refractivity (Wildman–Crippen MR) is 61.5 cm³/mol. The summed E-state index contributed by atoms with van der Waals surface area (Å²) < 4.78 is 10.9. The molecule has 0 aromatic carbocycles. The molecule has 2 bridgehead atoms. The summed E-state index contributed by atoms with van der Waals surface area (Å²) in [6.07, 6.45) is 5.57. The molecule has 3 fully saturated rings. The van der Waals surface area contributed by atoms with Crippen LogP contribution in [0.25, 0.3) is 0 Å². The van der Waals surface area contributed by atoms with Gasteiger partial charge in [0, 0.05) is 0 Å². The zero-order chi connectivity index (χ0) is 12.4. The van der Waals surface area contributed by atoms with Crippen LogP contribution in [0.1, 0.15) is 45.4 Å². The van der Waals surface area contributed by atoms with E-state index in [-0.39, 0.29) is 5.97 Å². The Morgan fingerprint density at radius 1 is 1.35 bits per heavy atom. The van der Waals surface area contributed by atoms with Gasteiger partial charge in [-0.25, -0.2) is 0 Å². The zero-order valence-corrected chi connectivity index (χ0v) is 10.4. The second kappa shape index (κ2) is 4.77. The van der Waals surface area contributed by atoms with Gasteiger partial charge >= 0.3 is 5.97 Å². The van der Waals surface area contributed by atoms with Crippen LogP contribution in [0.2, 0.25) is 0 Å². The number of ether oxygens (including phenoxy) is 2. The third kappa shape index (κ3) is 2.23. The van der Waals surface area contributed by atoms with E-state index in [1.807, 2.05) is 0 Å². The first-order valence-electron chi connectivity index (χ1n) is 6.44. The maximum Gasteiger partial charge on any atom is 0.314 e. The highest BCUT2D eigenvalue weighted by Crippen LogP contribution is 2.48. The molecule has 0 amide bonds.